The lowest BCUT2D eigenvalue weighted by atomic mass is 9.93. The largest absolute Gasteiger partial charge is 0.480 e. The summed E-state index contributed by atoms with van der Waals surface area (Å²) in [5, 5.41) is 23.4. The molecule has 5 aromatic rings. The molecule has 3 N–H and O–H groups in total. The Morgan fingerprint density at radius 2 is 1.41 bits per heavy atom. The quantitative estimate of drug-likeness (QED) is 0.110. The molecule has 0 aromatic heterocycles. The second kappa shape index (κ2) is 16.4. The maximum Gasteiger partial charge on any atom is 0.326 e. The second-order valence-electron chi connectivity index (χ2n) is 11.9. The molecule has 2 atom stereocenters. The van der Waals surface area contributed by atoms with E-state index in [1.54, 1.807) is 12.1 Å². The highest BCUT2D eigenvalue weighted by Crippen LogP contribution is 2.31. The number of benzene rings is 5. The monoisotopic (exact) mass is 680 g/mol. The van der Waals surface area contributed by atoms with Gasteiger partial charge in [0.1, 0.15) is 23.8 Å². The van der Waals surface area contributed by atoms with Gasteiger partial charge in [-0.1, -0.05) is 72.8 Å². The van der Waals surface area contributed by atoms with E-state index in [1.165, 1.54) is 23.9 Å². The summed E-state index contributed by atoms with van der Waals surface area (Å²) in [5.41, 5.74) is 6.20. The smallest absolute Gasteiger partial charge is 0.326 e. The number of carboxylic acids is 1. The van der Waals surface area contributed by atoms with Crippen molar-refractivity contribution >= 4 is 29.3 Å². The number of aliphatic carboxylic acids is 1. The van der Waals surface area contributed by atoms with Gasteiger partial charge < -0.3 is 20.4 Å². The molecular formula is C40H38F2N2O4S. The van der Waals surface area contributed by atoms with Crippen LogP contribution in [0.4, 0.5) is 14.5 Å². The first-order valence-corrected chi connectivity index (χ1v) is 17.3. The Hall–Kier alpha value is -4.99. The molecule has 0 bridgehead atoms. The highest BCUT2D eigenvalue weighted by atomic mass is 32.2. The van der Waals surface area contributed by atoms with Gasteiger partial charge in [-0.3, -0.25) is 4.79 Å². The van der Waals surface area contributed by atoms with E-state index >= 15 is 0 Å². The van der Waals surface area contributed by atoms with Gasteiger partial charge in [-0.15, -0.1) is 0 Å². The minimum atomic E-state index is -1.09. The van der Waals surface area contributed by atoms with Crippen LogP contribution in [0.2, 0.25) is 0 Å². The molecule has 0 aliphatic rings. The number of aryl methyl sites for hydroxylation is 1. The summed E-state index contributed by atoms with van der Waals surface area (Å²) >= 11 is 1.51. The lowest BCUT2D eigenvalue weighted by Crippen LogP contribution is -2.41. The van der Waals surface area contributed by atoms with Gasteiger partial charge in [0, 0.05) is 30.4 Å². The number of amides is 1. The van der Waals surface area contributed by atoms with Crippen molar-refractivity contribution in [3.05, 3.63) is 160 Å². The maximum absolute atomic E-state index is 14.3. The normalized spacial score (nSPS) is 12.3. The van der Waals surface area contributed by atoms with E-state index in [1.807, 2.05) is 103 Å². The van der Waals surface area contributed by atoms with E-state index in [9.17, 15) is 28.6 Å². The molecule has 0 saturated heterocycles. The van der Waals surface area contributed by atoms with Crippen molar-refractivity contribution in [3.8, 4) is 11.1 Å². The van der Waals surface area contributed by atoms with Gasteiger partial charge in [0.25, 0.3) is 5.91 Å². The van der Waals surface area contributed by atoms with Crippen LogP contribution in [0.1, 0.15) is 50.7 Å². The van der Waals surface area contributed by atoms with Crippen molar-refractivity contribution in [2.24, 2.45) is 0 Å². The first-order chi connectivity index (χ1) is 23.6. The summed E-state index contributed by atoms with van der Waals surface area (Å²) in [6.45, 7) is 2.43. The minimum Gasteiger partial charge on any atom is -0.480 e. The number of carboxylic acid groups (broad SMARTS) is 1. The molecule has 0 fully saturated rings. The number of aliphatic hydroxyl groups excluding tert-OH is 1. The molecular weight excluding hydrogens is 643 g/mol. The fourth-order valence-corrected chi connectivity index (χ4v) is 6.26. The molecule has 0 saturated carbocycles. The Labute approximate surface area is 289 Å². The van der Waals surface area contributed by atoms with Gasteiger partial charge in [0.05, 0.1) is 0 Å². The third-order valence-corrected chi connectivity index (χ3v) is 8.98. The highest BCUT2D eigenvalue weighted by molar-refractivity contribution is 7.98. The number of carbonyl (C=O) groups excluding carboxylic acids is 1. The predicted octanol–water partition coefficient (Wildman–Crippen LogP) is 8.16. The molecule has 252 valence electrons. The molecule has 9 heteroatoms. The summed E-state index contributed by atoms with van der Waals surface area (Å²) in [6, 6.07) is 32.1. The van der Waals surface area contributed by atoms with Crippen LogP contribution < -0.4 is 10.2 Å². The number of nitrogens with one attached hydrogen (secondary N) is 1. The zero-order valence-corrected chi connectivity index (χ0v) is 28.1. The van der Waals surface area contributed by atoms with Gasteiger partial charge in [-0.2, -0.15) is 11.8 Å². The number of aliphatic hydroxyl groups is 1. The topological polar surface area (TPSA) is 89.9 Å². The van der Waals surface area contributed by atoms with Crippen LogP contribution in [-0.2, 0) is 17.9 Å². The molecule has 0 spiro atoms. The van der Waals surface area contributed by atoms with Crippen LogP contribution in [0.3, 0.4) is 0 Å². The van der Waals surface area contributed by atoms with Crippen LogP contribution in [0.25, 0.3) is 11.1 Å². The van der Waals surface area contributed by atoms with E-state index < -0.39 is 35.7 Å². The number of carbonyl (C=O) groups is 2. The molecule has 5 rings (SSSR count). The number of nitrogens with zero attached hydrogens (tertiary/aromatic N) is 1. The summed E-state index contributed by atoms with van der Waals surface area (Å²) < 4.78 is 28.5. The van der Waals surface area contributed by atoms with Crippen molar-refractivity contribution in [1.82, 2.24) is 5.32 Å². The Morgan fingerprint density at radius 1 is 0.776 bits per heavy atom. The number of rotatable bonds is 14. The Morgan fingerprint density at radius 3 is 2.06 bits per heavy atom. The molecule has 49 heavy (non-hydrogen) atoms. The molecule has 1 unspecified atom stereocenters. The highest BCUT2D eigenvalue weighted by Gasteiger charge is 2.23. The van der Waals surface area contributed by atoms with Crippen molar-refractivity contribution in [2.75, 3.05) is 16.9 Å². The van der Waals surface area contributed by atoms with Crippen LogP contribution in [0.15, 0.2) is 115 Å². The third kappa shape index (κ3) is 9.13. The molecule has 1 amide bonds. The van der Waals surface area contributed by atoms with Crippen LogP contribution >= 0.6 is 11.8 Å². The fraction of sp³-hybridized carbons (Fsp3) is 0.200. The SMILES string of the molecule is CSCC[C@H](NC(=O)c1ccc(CN(Cc2cc(F)cc(F)c2)c2ccc(C(O)c3ccccc3)cc2)cc1-c1ccccc1C)C(=O)O. The summed E-state index contributed by atoms with van der Waals surface area (Å²) in [7, 11) is 0. The van der Waals surface area contributed by atoms with E-state index in [0.29, 0.717) is 34.6 Å². The van der Waals surface area contributed by atoms with Crippen LogP contribution in [-0.4, -0.2) is 40.1 Å². The zero-order chi connectivity index (χ0) is 34.9. The summed E-state index contributed by atoms with van der Waals surface area (Å²) in [6.07, 6.45) is 1.35. The number of halogens is 2. The average molecular weight is 681 g/mol. The third-order valence-electron chi connectivity index (χ3n) is 8.34. The van der Waals surface area contributed by atoms with Crippen LogP contribution in [0, 0.1) is 18.6 Å². The maximum atomic E-state index is 14.3. The molecule has 6 nitrogen and oxygen atoms in total. The summed E-state index contributed by atoms with van der Waals surface area (Å²) in [5.74, 6) is -2.35. The Kier molecular flexibility index (Phi) is 11.8. The van der Waals surface area contributed by atoms with Crippen molar-refractivity contribution in [3.63, 3.8) is 0 Å². The van der Waals surface area contributed by atoms with Crippen LogP contribution in [0.5, 0.6) is 0 Å². The lowest BCUT2D eigenvalue weighted by Gasteiger charge is -2.27. The number of hydrogen-bond donors (Lipinski definition) is 3. The lowest BCUT2D eigenvalue weighted by molar-refractivity contribution is -0.139. The van der Waals surface area contributed by atoms with Crippen molar-refractivity contribution < 1.29 is 28.6 Å². The van der Waals surface area contributed by atoms with E-state index in [0.717, 1.165) is 34.0 Å². The first-order valence-electron chi connectivity index (χ1n) is 15.9. The van der Waals surface area contributed by atoms with E-state index in [2.05, 4.69) is 5.32 Å². The Bertz CT molecular complexity index is 1880. The predicted molar refractivity (Wildman–Crippen MR) is 192 cm³/mol. The van der Waals surface area contributed by atoms with E-state index in [4.69, 9.17) is 0 Å². The molecule has 0 radical (unpaired) electrons. The van der Waals surface area contributed by atoms with Gasteiger partial charge in [0.15, 0.2) is 0 Å². The number of anilines is 1. The van der Waals surface area contributed by atoms with Gasteiger partial charge in [0.2, 0.25) is 0 Å². The van der Waals surface area contributed by atoms with Gasteiger partial charge in [-0.05, 0) is 101 Å². The Balaban J connectivity index is 1.51. The fourth-order valence-electron chi connectivity index (χ4n) is 5.79. The number of thioether (sulfide) groups is 1. The summed E-state index contributed by atoms with van der Waals surface area (Å²) in [4.78, 5) is 27.5. The van der Waals surface area contributed by atoms with Gasteiger partial charge >= 0.3 is 5.97 Å². The zero-order valence-electron chi connectivity index (χ0n) is 27.3. The van der Waals surface area contributed by atoms with E-state index in [-0.39, 0.29) is 13.0 Å². The first kappa shape index (κ1) is 35.3. The second-order valence-corrected chi connectivity index (χ2v) is 12.9. The van der Waals surface area contributed by atoms with Crippen molar-refractivity contribution in [2.45, 2.75) is 38.6 Å². The van der Waals surface area contributed by atoms with Crippen molar-refractivity contribution in [1.29, 1.82) is 0 Å². The molecule has 0 heterocycles. The molecule has 0 aliphatic heterocycles. The average Bonchev–Trinajstić information content (AvgIpc) is 3.09. The molecule has 0 aliphatic carbocycles. The standard InChI is InChI=1S/C40H38F2N2O4S/c1-26-8-6-7-11-34(26)36-22-27(12-17-35(36)39(46)43-37(40(47)48)18-19-49-2)24-44(25-28-20-31(41)23-32(42)21-28)33-15-13-30(14-16-33)38(45)29-9-4-3-5-10-29/h3-17,20-23,37-38,45H,18-19,24-25H2,1-2H3,(H,43,46)(H,47,48)/t37-,38?/m0/s1. The van der Waals surface area contributed by atoms with Gasteiger partial charge in [-0.25, -0.2) is 13.6 Å². The minimum absolute atomic E-state index is 0.174. The molecule has 5 aromatic carbocycles. The number of hydrogen-bond acceptors (Lipinski definition) is 5.